The largest absolute Gasteiger partial charge is 0.451 e. The summed E-state index contributed by atoms with van der Waals surface area (Å²) < 4.78 is 5.95. The summed E-state index contributed by atoms with van der Waals surface area (Å²) in [5, 5.41) is 10.3. The van der Waals surface area contributed by atoms with Crippen LogP contribution in [0.5, 0.6) is 0 Å². The number of ether oxygens (including phenoxy) is 1. The van der Waals surface area contributed by atoms with E-state index in [0.717, 1.165) is 9.56 Å². The molecule has 2 rings (SSSR count). The number of carbonyl (C=O) groups excluding carboxylic acids is 3. The number of imide groups is 1. The molecule has 0 unspecified atom stereocenters. The number of rotatable bonds is 7. The highest BCUT2D eigenvalue weighted by atomic mass is 32.1. The van der Waals surface area contributed by atoms with Crippen molar-refractivity contribution < 1.29 is 19.1 Å². The van der Waals surface area contributed by atoms with Crippen LogP contribution < -0.4 is 16.2 Å². The van der Waals surface area contributed by atoms with Gasteiger partial charge in [-0.05, 0) is 23.9 Å². The van der Waals surface area contributed by atoms with Crippen molar-refractivity contribution in [2.45, 2.75) is 26.4 Å². The SMILES string of the molecule is CCCn1nc(C(=O)OCC(=O)NC(=O)NCc2cccs2)ccc1=O. The number of carbonyl (C=O) groups is 3. The van der Waals surface area contributed by atoms with Gasteiger partial charge in [-0.15, -0.1) is 11.3 Å². The third-order valence-corrected chi connectivity index (χ3v) is 3.98. The number of hydrogen-bond donors (Lipinski definition) is 2. The molecule has 9 nitrogen and oxygen atoms in total. The summed E-state index contributed by atoms with van der Waals surface area (Å²) >= 11 is 1.47. The Kier molecular flexibility index (Phi) is 7.03. The summed E-state index contributed by atoms with van der Waals surface area (Å²) in [5.74, 6) is -1.63. The first kappa shape index (κ1) is 19.3. The van der Waals surface area contributed by atoms with Crippen LogP contribution in [0.2, 0.25) is 0 Å². The summed E-state index contributed by atoms with van der Waals surface area (Å²) in [6.45, 7) is 1.89. The van der Waals surface area contributed by atoms with Crippen LogP contribution in [0.15, 0.2) is 34.4 Å². The molecule has 2 aromatic rings. The maximum Gasteiger partial charge on any atom is 0.359 e. The Hall–Kier alpha value is -3.01. The maximum absolute atomic E-state index is 11.9. The molecule has 10 heteroatoms. The number of aryl methyl sites for hydroxylation is 1. The van der Waals surface area contributed by atoms with Gasteiger partial charge in [0.05, 0.1) is 6.54 Å². The first-order valence-corrected chi connectivity index (χ1v) is 8.73. The highest BCUT2D eigenvalue weighted by Gasteiger charge is 2.14. The molecule has 0 saturated heterocycles. The minimum atomic E-state index is -0.857. The van der Waals surface area contributed by atoms with E-state index in [0.29, 0.717) is 19.5 Å². The Labute approximate surface area is 153 Å². The predicted molar refractivity (Wildman–Crippen MR) is 93.8 cm³/mol. The third-order valence-electron chi connectivity index (χ3n) is 3.10. The zero-order valence-corrected chi connectivity index (χ0v) is 14.9. The fraction of sp³-hybridized carbons (Fsp3) is 0.312. The second-order valence-corrected chi connectivity index (χ2v) is 6.20. The molecule has 3 amide bonds. The molecule has 2 aromatic heterocycles. The van der Waals surface area contributed by atoms with Gasteiger partial charge < -0.3 is 10.1 Å². The fourth-order valence-corrected chi connectivity index (χ4v) is 2.57. The number of thiophene rings is 1. The van der Waals surface area contributed by atoms with Crippen LogP contribution in [0.3, 0.4) is 0 Å². The quantitative estimate of drug-likeness (QED) is 0.691. The molecule has 2 N–H and O–H groups in total. The lowest BCUT2D eigenvalue weighted by atomic mass is 10.4. The molecule has 138 valence electrons. The predicted octanol–water partition coefficient (Wildman–Crippen LogP) is 0.898. The summed E-state index contributed by atoms with van der Waals surface area (Å²) in [6, 6.07) is 5.44. The highest BCUT2D eigenvalue weighted by molar-refractivity contribution is 7.09. The van der Waals surface area contributed by atoms with Crippen molar-refractivity contribution in [3.05, 3.63) is 50.6 Å². The standard InChI is InChI=1S/C16H18N4O5S/c1-2-7-20-14(22)6-5-12(19-20)15(23)25-10-13(21)18-16(24)17-9-11-4-3-8-26-11/h3-6,8H,2,7,9-10H2,1H3,(H2,17,18,21,24). The Morgan fingerprint density at radius 3 is 2.77 bits per heavy atom. The van der Waals surface area contributed by atoms with Crippen LogP contribution in [0.1, 0.15) is 28.7 Å². The smallest absolute Gasteiger partial charge is 0.359 e. The summed E-state index contributed by atoms with van der Waals surface area (Å²) in [5.41, 5.74) is -0.420. The lowest BCUT2D eigenvalue weighted by Gasteiger charge is -2.07. The summed E-state index contributed by atoms with van der Waals surface area (Å²) in [6.07, 6.45) is 0.675. The second kappa shape index (κ2) is 9.47. The Balaban J connectivity index is 1.79. The van der Waals surface area contributed by atoms with Gasteiger partial charge in [0, 0.05) is 17.5 Å². The van der Waals surface area contributed by atoms with Gasteiger partial charge in [0.2, 0.25) is 0 Å². The van der Waals surface area contributed by atoms with Crippen molar-refractivity contribution in [3.8, 4) is 0 Å². The van der Waals surface area contributed by atoms with Crippen molar-refractivity contribution in [1.29, 1.82) is 0 Å². The van der Waals surface area contributed by atoms with Gasteiger partial charge in [-0.2, -0.15) is 5.10 Å². The van der Waals surface area contributed by atoms with E-state index < -0.39 is 24.5 Å². The minimum absolute atomic E-state index is 0.0898. The molecule has 0 aromatic carbocycles. The number of hydrogen-bond acceptors (Lipinski definition) is 7. The number of nitrogens with one attached hydrogen (secondary N) is 2. The lowest BCUT2D eigenvalue weighted by molar-refractivity contribution is -0.123. The molecule has 0 bridgehead atoms. The molecular formula is C16H18N4O5S. The number of nitrogens with zero attached hydrogens (tertiary/aromatic N) is 2. The molecule has 0 fully saturated rings. The molecule has 0 atom stereocenters. The molecule has 2 heterocycles. The van der Waals surface area contributed by atoms with Crippen LogP contribution >= 0.6 is 11.3 Å². The summed E-state index contributed by atoms with van der Waals surface area (Å²) in [4.78, 5) is 47.6. The number of aromatic nitrogens is 2. The van der Waals surface area contributed by atoms with Crippen molar-refractivity contribution in [3.63, 3.8) is 0 Å². The Morgan fingerprint density at radius 2 is 2.08 bits per heavy atom. The van der Waals surface area contributed by atoms with Gasteiger partial charge in [0.25, 0.3) is 11.5 Å². The van der Waals surface area contributed by atoms with E-state index in [9.17, 15) is 19.2 Å². The van der Waals surface area contributed by atoms with Crippen molar-refractivity contribution >= 4 is 29.2 Å². The van der Waals surface area contributed by atoms with Crippen LogP contribution in [-0.2, 0) is 22.6 Å². The van der Waals surface area contributed by atoms with Gasteiger partial charge in [0.1, 0.15) is 0 Å². The molecule has 26 heavy (non-hydrogen) atoms. The van der Waals surface area contributed by atoms with E-state index in [1.54, 1.807) is 0 Å². The average Bonchev–Trinajstić information content (AvgIpc) is 3.13. The lowest BCUT2D eigenvalue weighted by Crippen LogP contribution is -2.41. The van der Waals surface area contributed by atoms with E-state index in [1.165, 1.54) is 23.5 Å². The average molecular weight is 378 g/mol. The van der Waals surface area contributed by atoms with Crippen molar-refractivity contribution in [2.24, 2.45) is 0 Å². The van der Waals surface area contributed by atoms with Gasteiger partial charge in [0.15, 0.2) is 12.3 Å². The molecular weight excluding hydrogens is 360 g/mol. The first-order chi connectivity index (χ1) is 12.5. The fourth-order valence-electron chi connectivity index (χ4n) is 1.92. The molecule has 0 saturated carbocycles. The van der Waals surface area contributed by atoms with E-state index in [4.69, 9.17) is 4.74 Å². The van der Waals surface area contributed by atoms with Crippen LogP contribution in [-0.4, -0.2) is 34.3 Å². The number of urea groups is 1. The topological polar surface area (TPSA) is 119 Å². The molecule has 0 spiro atoms. The molecule has 0 aliphatic rings. The van der Waals surface area contributed by atoms with E-state index in [1.807, 2.05) is 24.4 Å². The third kappa shape index (κ3) is 5.81. The molecule has 0 radical (unpaired) electrons. The second-order valence-electron chi connectivity index (χ2n) is 5.17. The number of esters is 1. The molecule has 0 aliphatic carbocycles. The monoisotopic (exact) mass is 378 g/mol. The summed E-state index contributed by atoms with van der Waals surface area (Å²) in [7, 11) is 0. The molecule has 0 aliphatic heterocycles. The van der Waals surface area contributed by atoms with E-state index in [2.05, 4.69) is 15.7 Å². The van der Waals surface area contributed by atoms with Gasteiger partial charge in [-0.1, -0.05) is 13.0 Å². The zero-order valence-electron chi connectivity index (χ0n) is 14.1. The van der Waals surface area contributed by atoms with Gasteiger partial charge in [-0.25, -0.2) is 14.3 Å². The van der Waals surface area contributed by atoms with Crippen molar-refractivity contribution in [1.82, 2.24) is 20.4 Å². The Morgan fingerprint density at radius 1 is 1.27 bits per heavy atom. The minimum Gasteiger partial charge on any atom is -0.451 e. The van der Waals surface area contributed by atoms with Crippen LogP contribution in [0.25, 0.3) is 0 Å². The van der Waals surface area contributed by atoms with E-state index >= 15 is 0 Å². The van der Waals surface area contributed by atoms with Crippen LogP contribution in [0.4, 0.5) is 4.79 Å². The van der Waals surface area contributed by atoms with E-state index in [-0.39, 0.29) is 11.3 Å². The van der Waals surface area contributed by atoms with Gasteiger partial charge in [-0.3, -0.25) is 14.9 Å². The maximum atomic E-state index is 11.9. The Bertz CT molecular complexity index is 831. The van der Waals surface area contributed by atoms with Crippen LogP contribution in [0, 0.1) is 0 Å². The zero-order chi connectivity index (χ0) is 18.9. The highest BCUT2D eigenvalue weighted by Crippen LogP contribution is 2.07. The van der Waals surface area contributed by atoms with Crippen molar-refractivity contribution in [2.75, 3.05) is 6.61 Å². The first-order valence-electron chi connectivity index (χ1n) is 7.85. The van der Waals surface area contributed by atoms with Gasteiger partial charge >= 0.3 is 12.0 Å². The normalized spacial score (nSPS) is 10.2. The number of amides is 3.